The number of halogens is 1. The number of rotatable bonds is 3. The Morgan fingerprint density at radius 3 is 2.50 bits per heavy atom. The van der Waals surface area contributed by atoms with E-state index in [0.29, 0.717) is 0 Å². The lowest BCUT2D eigenvalue weighted by Gasteiger charge is -2.26. The highest BCUT2D eigenvalue weighted by atomic mass is 35.5. The molecule has 18 heavy (non-hydrogen) atoms. The molecule has 1 aromatic heterocycles. The Hall–Kier alpha value is -0.630. The third kappa shape index (κ3) is 3.44. The van der Waals surface area contributed by atoms with Gasteiger partial charge >= 0.3 is 0 Å². The van der Waals surface area contributed by atoms with Crippen molar-refractivity contribution in [3.63, 3.8) is 0 Å². The molecule has 0 aliphatic heterocycles. The van der Waals surface area contributed by atoms with Gasteiger partial charge in [-0.05, 0) is 31.7 Å². The molecular weight excluding hydrogens is 276 g/mol. The van der Waals surface area contributed by atoms with Crippen LogP contribution in [0.25, 0.3) is 0 Å². The van der Waals surface area contributed by atoms with Crippen molar-refractivity contribution in [3.05, 3.63) is 12.3 Å². The van der Waals surface area contributed by atoms with Gasteiger partial charge in [-0.25, -0.2) is 13.1 Å². The first-order valence-corrected chi connectivity index (χ1v) is 7.23. The summed E-state index contributed by atoms with van der Waals surface area (Å²) in [5.41, 5.74) is 5.79. The molecule has 0 bridgehead atoms. The molecule has 1 saturated carbocycles. The Balaban J connectivity index is 0.00000162. The molecule has 1 heterocycles. The Kier molecular flexibility index (Phi) is 5.15. The molecule has 0 aromatic carbocycles. The molecule has 0 spiro atoms. The number of nitrogens with one attached hydrogen (secondary N) is 1. The van der Waals surface area contributed by atoms with Gasteiger partial charge in [0.05, 0.1) is 6.20 Å². The van der Waals surface area contributed by atoms with Crippen LogP contribution >= 0.6 is 12.4 Å². The molecular formula is C10H19ClN4O2S. The highest BCUT2D eigenvalue weighted by Crippen LogP contribution is 2.19. The topological polar surface area (TPSA) is 90.0 Å². The minimum absolute atomic E-state index is 0. The van der Waals surface area contributed by atoms with Crippen LogP contribution in [-0.4, -0.2) is 30.3 Å². The van der Waals surface area contributed by atoms with Crippen LogP contribution in [0.1, 0.15) is 25.7 Å². The van der Waals surface area contributed by atoms with E-state index in [2.05, 4.69) is 9.82 Å². The van der Waals surface area contributed by atoms with Crippen LogP contribution in [0.4, 0.5) is 0 Å². The van der Waals surface area contributed by atoms with Crippen LogP contribution in [0.2, 0.25) is 0 Å². The molecule has 6 nitrogen and oxygen atoms in total. The first kappa shape index (κ1) is 15.4. The molecule has 0 unspecified atom stereocenters. The van der Waals surface area contributed by atoms with Gasteiger partial charge in [-0.15, -0.1) is 12.4 Å². The van der Waals surface area contributed by atoms with Crippen molar-refractivity contribution >= 4 is 22.4 Å². The average molecular weight is 295 g/mol. The van der Waals surface area contributed by atoms with Gasteiger partial charge in [0.1, 0.15) is 0 Å². The molecule has 1 fully saturated rings. The summed E-state index contributed by atoms with van der Waals surface area (Å²) >= 11 is 0. The Morgan fingerprint density at radius 1 is 1.39 bits per heavy atom. The maximum Gasteiger partial charge on any atom is 0.257 e. The zero-order valence-electron chi connectivity index (χ0n) is 10.2. The van der Waals surface area contributed by atoms with Crippen molar-refractivity contribution in [2.45, 2.75) is 42.8 Å². The fourth-order valence-electron chi connectivity index (χ4n) is 2.14. The molecule has 3 N–H and O–H groups in total. The van der Waals surface area contributed by atoms with Gasteiger partial charge in [0.2, 0.25) is 0 Å². The molecule has 0 amide bonds. The molecule has 1 aliphatic carbocycles. The van der Waals surface area contributed by atoms with Crippen molar-refractivity contribution < 1.29 is 8.42 Å². The van der Waals surface area contributed by atoms with Crippen LogP contribution in [0.3, 0.4) is 0 Å². The molecule has 104 valence electrons. The van der Waals surface area contributed by atoms with Crippen LogP contribution < -0.4 is 10.5 Å². The number of aromatic nitrogens is 2. The lowest BCUT2D eigenvalue weighted by atomic mass is 9.93. The summed E-state index contributed by atoms with van der Waals surface area (Å²) in [5, 5.41) is 4.07. The van der Waals surface area contributed by atoms with Crippen molar-refractivity contribution in [1.82, 2.24) is 14.5 Å². The van der Waals surface area contributed by atoms with E-state index in [9.17, 15) is 8.42 Å². The number of sulfonamides is 1. The van der Waals surface area contributed by atoms with E-state index in [1.54, 1.807) is 7.05 Å². The quantitative estimate of drug-likeness (QED) is 0.844. The van der Waals surface area contributed by atoms with Crippen LogP contribution in [0, 0.1) is 0 Å². The number of hydrogen-bond acceptors (Lipinski definition) is 4. The van der Waals surface area contributed by atoms with Gasteiger partial charge in [0.15, 0.2) is 5.03 Å². The van der Waals surface area contributed by atoms with Crippen LogP contribution in [-0.2, 0) is 17.1 Å². The van der Waals surface area contributed by atoms with Crippen LogP contribution in [0.5, 0.6) is 0 Å². The summed E-state index contributed by atoms with van der Waals surface area (Å²) in [6.07, 6.45) is 4.83. The van der Waals surface area contributed by atoms with E-state index in [4.69, 9.17) is 5.73 Å². The highest BCUT2D eigenvalue weighted by Gasteiger charge is 2.25. The molecule has 8 heteroatoms. The zero-order valence-corrected chi connectivity index (χ0v) is 11.9. The molecule has 1 aliphatic rings. The molecule has 0 saturated heterocycles. The minimum Gasteiger partial charge on any atom is -0.328 e. The molecule has 0 radical (unpaired) electrons. The Bertz CT molecular complexity index is 480. The second kappa shape index (κ2) is 6.01. The third-order valence-corrected chi connectivity index (χ3v) is 4.74. The second-order valence-corrected chi connectivity index (χ2v) is 6.19. The SMILES string of the molecule is Cl.Cn1nccc1S(=O)(=O)NC1CCC(N)CC1. The van der Waals surface area contributed by atoms with Gasteiger partial charge in [-0.2, -0.15) is 5.10 Å². The average Bonchev–Trinajstić information content (AvgIpc) is 2.68. The highest BCUT2D eigenvalue weighted by molar-refractivity contribution is 7.89. The summed E-state index contributed by atoms with van der Waals surface area (Å²) in [5.74, 6) is 0. The maximum atomic E-state index is 12.1. The van der Waals surface area contributed by atoms with E-state index in [-0.39, 0.29) is 29.5 Å². The Morgan fingerprint density at radius 2 is 2.00 bits per heavy atom. The first-order chi connectivity index (χ1) is 7.99. The lowest BCUT2D eigenvalue weighted by molar-refractivity contribution is 0.373. The van der Waals surface area contributed by atoms with E-state index < -0.39 is 10.0 Å². The van der Waals surface area contributed by atoms with Gasteiger partial charge in [0.25, 0.3) is 10.0 Å². The predicted octanol–water partition coefficient (Wildman–Crippen LogP) is 0.390. The second-order valence-electron chi connectivity index (χ2n) is 4.53. The van der Waals surface area contributed by atoms with E-state index in [1.165, 1.54) is 16.9 Å². The molecule has 0 atom stereocenters. The summed E-state index contributed by atoms with van der Waals surface area (Å²) in [6.45, 7) is 0. The Labute approximate surface area is 113 Å². The summed E-state index contributed by atoms with van der Waals surface area (Å²) in [4.78, 5) is 0. The first-order valence-electron chi connectivity index (χ1n) is 5.75. The number of nitrogens with two attached hydrogens (primary N) is 1. The molecule has 1 aromatic rings. The van der Waals surface area contributed by atoms with E-state index >= 15 is 0 Å². The maximum absolute atomic E-state index is 12.1. The summed E-state index contributed by atoms with van der Waals surface area (Å²) in [7, 11) is -1.84. The van der Waals surface area contributed by atoms with Crippen LogP contribution in [0.15, 0.2) is 17.3 Å². The van der Waals surface area contributed by atoms with Crippen molar-refractivity contribution in [1.29, 1.82) is 0 Å². The van der Waals surface area contributed by atoms with Gasteiger partial charge in [0, 0.05) is 19.1 Å². The predicted molar refractivity (Wildman–Crippen MR) is 71.0 cm³/mol. The van der Waals surface area contributed by atoms with Gasteiger partial charge < -0.3 is 5.73 Å². The lowest BCUT2D eigenvalue weighted by Crippen LogP contribution is -2.40. The fourth-order valence-corrected chi connectivity index (χ4v) is 3.57. The number of nitrogens with zero attached hydrogens (tertiary/aromatic N) is 2. The molecule has 2 rings (SSSR count). The zero-order chi connectivity index (χ0) is 12.5. The minimum atomic E-state index is -3.46. The fraction of sp³-hybridized carbons (Fsp3) is 0.700. The summed E-state index contributed by atoms with van der Waals surface area (Å²) in [6, 6.07) is 1.71. The van der Waals surface area contributed by atoms with Crippen molar-refractivity contribution in [2.75, 3.05) is 0 Å². The largest absolute Gasteiger partial charge is 0.328 e. The summed E-state index contributed by atoms with van der Waals surface area (Å²) < 4.78 is 28.2. The monoisotopic (exact) mass is 294 g/mol. The van der Waals surface area contributed by atoms with E-state index in [0.717, 1.165) is 25.7 Å². The standard InChI is InChI=1S/C10H18N4O2S.ClH/c1-14-10(6-7-12-14)17(15,16)13-9-4-2-8(11)3-5-9;/h6-9,13H,2-5,11H2,1H3;1H. The normalized spacial score (nSPS) is 24.6. The van der Waals surface area contributed by atoms with E-state index in [1.807, 2.05) is 0 Å². The van der Waals surface area contributed by atoms with Crippen molar-refractivity contribution in [2.24, 2.45) is 12.8 Å². The third-order valence-electron chi connectivity index (χ3n) is 3.14. The van der Waals surface area contributed by atoms with Gasteiger partial charge in [-0.3, -0.25) is 4.68 Å². The van der Waals surface area contributed by atoms with Crippen molar-refractivity contribution in [3.8, 4) is 0 Å². The number of hydrogen-bond donors (Lipinski definition) is 2. The number of aryl methyl sites for hydroxylation is 1. The van der Waals surface area contributed by atoms with Gasteiger partial charge in [-0.1, -0.05) is 0 Å². The smallest absolute Gasteiger partial charge is 0.257 e.